The fraction of sp³-hybridized carbons (Fsp3) is 0.750. The fourth-order valence-corrected chi connectivity index (χ4v) is 2.63. The van der Waals surface area contributed by atoms with Gasteiger partial charge in [0.05, 0.1) is 5.69 Å². The highest BCUT2D eigenvalue weighted by atomic mass is 32.1. The lowest BCUT2D eigenvalue weighted by Crippen LogP contribution is -2.14. The van der Waals surface area contributed by atoms with Crippen LogP contribution >= 0.6 is 11.3 Å². The molecule has 3 heteroatoms. The summed E-state index contributed by atoms with van der Waals surface area (Å²) in [5, 5.41) is 4.69. The first kappa shape index (κ1) is 12.7. The second-order valence-electron chi connectivity index (χ2n) is 3.71. The summed E-state index contributed by atoms with van der Waals surface area (Å²) in [6.07, 6.45) is 4.70. The van der Waals surface area contributed by atoms with Crippen LogP contribution in [0.15, 0.2) is 0 Å². The quantitative estimate of drug-likeness (QED) is 0.722. The van der Waals surface area contributed by atoms with E-state index in [-0.39, 0.29) is 0 Å². The van der Waals surface area contributed by atoms with E-state index >= 15 is 0 Å². The summed E-state index contributed by atoms with van der Waals surface area (Å²) in [4.78, 5) is 6.12. The summed E-state index contributed by atoms with van der Waals surface area (Å²) >= 11 is 1.87. The number of thiazole rings is 1. The van der Waals surface area contributed by atoms with Gasteiger partial charge in [-0.1, -0.05) is 27.2 Å². The molecule has 1 N–H and O–H groups in total. The van der Waals surface area contributed by atoms with Gasteiger partial charge in [-0.3, -0.25) is 0 Å². The summed E-state index contributed by atoms with van der Waals surface area (Å²) in [6, 6.07) is 0. The van der Waals surface area contributed by atoms with Crippen LogP contribution in [0.25, 0.3) is 0 Å². The number of hydrogen-bond donors (Lipinski definition) is 1. The summed E-state index contributed by atoms with van der Waals surface area (Å²) < 4.78 is 0. The highest BCUT2D eigenvalue weighted by molar-refractivity contribution is 7.11. The van der Waals surface area contributed by atoms with E-state index in [4.69, 9.17) is 0 Å². The normalized spacial score (nSPS) is 10.9. The van der Waals surface area contributed by atoms with Crippen LogP contribution in [0, 0.1) is 0 Å². The molecular formula is C12H22N2S. The van der Waals surface area contributed by atoms with Gasteiger partial charge in [0, 0.05) is 11.4 Å². The van der Waals surface area contributed by atoms with Crippen LogP contribution in [-0.2, 0) is 19.4 Å². The standard InChI is InChI=1S/C12H22N2S/c1-4-7-8-13-9-12-14-10(5-2)11(6-3)15-12/h13H,4-9H2,1-3H3. The molecule has 0 spiro atoms. The first-order valence-corrected chi connectivity index (χ1v) is 6.81. The van der Waals surface area contributed by atoms with Crippen molar-refractivity contribution >= 4 is 11.3 Å². The lowest BCUT2D eigenvalue weighted by atomic mass is 10.2. The zero-order valence-corrected chi connectivity index (χ0v) is 10.9. The molecule has 0 saturated heterocycles. The number of unbranched alkanes of at least 4 members (excludes halogenated alkanes) is 1. The molecule has 0 unspecified atom stereocenters. The molecule has 0 aliphatic carbocycles. The lowest BCUT2D eigenvalue weighted by Gasteiger charge is -1.99. The Morgan fingerprint density at radius 1 is 1.20 bits per heavy atom. The maximum Gasteiger partial charge on any atom is 0.107 e. The summed E-state index contributed by atoms with van der Waals surface area (Å²) in [7, 11) is 0. The van der Waals surface area contributed by atoms with Gasteiger partial charge in [-0.15, -0.1) is 11.3 Å². The van der Waals surface area contributed by atoms with Crippen LogP contribution in [0.2, 0.25) is 0 Å². The molecule has 0 fully saturated rings. The number of hydrogen-bond acceptors (Lipinski definition) is 3. The molecule has 86 valence electrons. The van der Waals surface area contributed by atoms with Crippen molar-refractivity contribution in [2.45, 2.75) is 53.0 Å². The molecule has 0 amide bonds. The summed E-state index contributed by atoms with van der Waals surface area (Å²) in [6.45, 7) is 8.66. The fourth-order valence-electron chi connectivity index (χ4n) is 1.56. The van der Waals surface area contributed by atoms with Gasteiger partial charge in [0.15, 0.2) is 0 Å². The zero-order chi connectivity index (χ0) is 11.1. The maximum atomic E-state index is 4.65. The number of rotatable bonds is 7. The Morgan fingerprint density at radius 2 is 2.00 bits per heavy atom. The van der Waals surface area contributed by atoms with E-state index in [1.807, 2.05) is 11.3 Å². The van der Waals surface area contributed by atoms with Crippen LogP contribution < -0.4 is 5.32 Å². The summed E-state index contributed by atoms with van der Waals surface area (Å²) in [5.74, 6) is 0. The van der Waals surface area contributed by atoms with Crippen molar-refractivity contribution < 1.29 is 0 Å². The van der Waals surface area contributed by atoms with Gasteiger partial charge in [0.25, 0.3) is 0 Å². The minimum Gasteiger partial charge on any atom is -0.310 e. The SMILES string of the molecule is CCCCNCc1nc(CC)c(CC)s1. The number of aromatic nitrogens is 1. The van der Waals surface area contributed by atoms with Crippen LogP contribution in [0.1, 0.15) is 49.2 Å². The molecule has 1 rings (SSSR count). The second-order valence-corrected chi connectivity index (χ2v) is 4.88. The minimum absolute atomic E-state index is 0.942. The van der Waals surface area contributed by atoms with Gasteiger partial charge < -0.3 is 5.32 Å². The van der Waals surface area contributed by atoms with Crippen LogP contribution in [0.5, 0.6) is 0 Å². The van der Waals surface area contributed by atoms with Gasteiger partial charge in [-0.05, 0) is 25.8 Å². The van der Waals surface area contributed by atoms with Crippen LogP contribution in [0.3, 0.4) is 0 Å². The van der Waals surface area contributed by atoms with Crippen molar-refractivity contribution in [3.05, 3.63) is 15.6 Å². The molecule has 0 atom stereocenters. The Labute approximate surface area is 97.1 Å². The zero-order valence-electron chi connectivity index (χ0n) is 10.1. The molecule has 1 heterocycles. The van der Waals surface area contributed by atoms with Crippen LogP contribution in [-0.4, -0.2) is 11.5 Å². The molecule has 0 aliphatic heterocycles. The van der Waals surface area contributed by atoms with Crippen molar-refractivity contribution in [2.24, 2.45) is 0 Å². The maximum absolute atomic E-state index is 4.65. The lowest BCUT2D eigenvalue weighted by molar-refractivity contribution is 0.638. The average molecular weight is 226 g/mol. The first-order valence-electron chi connectivity index (χ1n) is 5.99. The smallest absolute Gasteiger partial charge is 0.107 e. The summed E-state index contributed by atoms with van der Waals surface area (Å²) in [5.41, 5.74) is 1.30. The third-order valence-corrected chi connectivity index (χ3v) is 3.70. The monoisotopic (exact) mass is 226 g/mol. The molecule has 2 nitrogen and oxygen atoms in total. The Balaban J connectivity index is 2.43. The molecule has 1 aromatic heterocycles. The third kappa shape index (κ3) is 3.92. The van der Waals surface area contributed by atoms with Gasteiger partial charge in [-0.2, -0.15) is 0 Å². The van der Waals surface area contributed by atoms with E-state index in [9.17, 15) is 0 Å². The second kappa shape index (κ2) is 6.96. The molecule has 0 aliphatic rings. The number of nitrogens with one attached hydrogen (secondary N) is 1. The van der Waals surface area contributed by atoms with E-state index in [2.05, 4.69) is 31.1 Å². The molecular weight excluding hydrogens is 204 g/mol. The Kier molecular flexibility index (Phi) is 5.88. The van der Waals surface area contributed by atoms with E-state index in [1.165, 1.54) is 28.4 Å². The van der Waals surface area contributed by atoms with E-state index in [0.29, 0.717) is 0 Å². The topological polar surface area (TPSA) is 24.9 Å². The van der Waals surface area contributed by atoms with E-state index in [0.717, 1.165) is 25.9 Å². The molecule has 0 bridgehead atoms. The Bertz CT molecular complexity index is 260. The van der Waals surface area contributed by atoms with Crippen molar-refractivity contribution in [3.63, 3.8) is 0 Å². The van der Waals surface area contributed by atoms with Crippen LogP contribution in [0.4, 0.5) is 0 Å². The predicted octanol–water partition coefficient (Wildman–Crippen LogP) is 3.16. The Morgan fingerprint density at radius 3 is 2.53 bits per heavy atom. The number of aryl methyl sites for hydroxylation is 2. The van der Waals surface area contributed by atoms with E-state index in [1.54, 1.807) is 0 Å². The number of nitrogens with zero attached hydrogens (tertiary/aromatic N) is 1. The van der Waals surface area contributed by atoms with E-state index < -0.39 is 0 Å². The van der Waals surface area contributed by atoms with Crippen molar-refractivity contribution in [3.8, 4) is 0 Å². The average Bonchev–Trinajstić information content (AvgIpc) is 2.67. The largest absolute Gasteiger partial charge is 0.310 e. The third-order valence-electron chi connectivity index (χ3n) is 2.46. The van der Waals surface area contributed by atoms with Gasteiger partial charge in [0.2, 0.25) is 0 Å². The van der Waals surface area contributed by atoms with Crippen molar-refractivity contribution in [2.75, 3.05) is 6.54 Å². The van der Waals surface area contributed by atoms with Crippen molar-refractivity contribution in [1.29, 1.82) is 0 Å². The molecule has 15 heavy (non-hydrogen) atoms. The molecule has 1 aromatic rings. The molecule has 0 saturated carbocycles. The Hall–Kier alpha value is -0.410. The van der Waals surface area contributed by atoms with Gasteiger partial charge >= 0.3 is 0 Å². The van der Waals surface area contributed by atoms with Crippen molar-refractivity contribution in [1.82, 2.24) is 10.3 Å². The molecule has 0 aromatic carbocycles. The molecule has 0 radical (unpaired) electrons. The highest BCUT2D eigenvalue weighted by Crippen LogP contribution is 2.19. The van der Waals surface area contributed by atoms with Gasteiger partial charge in [-0.25, -0.2) is 4.98 Å². The highest BCUT2D eigenvalue weighted by Gasteiger charge is 2.06. The first-order chi connectivity index (χ1) is 7.31. The van der Waals surface area contributed by atoms with Gasteiger partial charge in [0.1, 0.15) is 5.01 Å². The minimum atomic E-state index is 0.942. The predicted molar refractivity (Wildman–Crippen MR) is 67.5 cm³/mol.